The summed E-state index contributed by atoms with van der Waals surface area (Å²) in [6.07, 6.45) is 1.49. The predicted molar refractivity (Wildman–Crippen MR) is 110 cm³/mol. The fourth-order valence-corrected chi connectivity index (χ4v) is 4.17. The molecular formula is C21H22FN3O2S. The Morgan fingerprint density at radius 1 is 1.18 bits per heavy atom. The Morgan fingerprint density at radius 2 is 1.96 bits per heavy atom. The van der Waals surface area contributed by atoms with Crippen molar-refractivity contribution in [1.29, 1.82) is 0 Å². The highest BCUT2D eigenvalue weighted by Crippen LogP contribution is 2.30. The Kier molecular flexibility index (Phi) is 5.17. The lowest BCUT2D eigenvalue weighted by molar-refractivity contribution is 0.115. The van der Waals surface area contributed by atoms with E-state index in [9.17, 15) is 9.18 Å². The van der Waals surface area contributed by atoms with Gasteiger partial charge in [-0.25, -0.2) is 14.2 Å². The first-order valence-electron chi connectivity index (χ1n) is 9.34. The molecule has 0 radical (unpaired) electrons. The minimum Gasteiger partial charge on any atom is -0.467 e. The van der Waals surface area contributed by atoms with Gasteiger partial charge < -0.3 is 15.0 Å². The summed E-state index contributed by atoms with van der Waals surface area (Å²) in [6.45, 7) is 5.33. The van der Waals surface area contributed by atoms with Gasteiger partial charge in [0.2, 0.25) is 0 Å². The van der Waals surface area contributed by atoms with Crippen molar-refractivity contribution in [2.75, 3.05) is 18.4 Å². The number of benzene rings is 2. The molecule has 3 aromatic rings. The Hall–Kier alpha value is -2.67. The highest BCUT2D eigenvalue weighted by molar-refractivity contribution is 7.20. The van der Waals surface area contributed by atoms with Crippen LogP contribution in [0.4, 0.5) is 14.9 Å². The number of aryl methyl sites for hydroxylation is 2. The number of thiazole rings is 1. The first kappa shape index (κ1) is 18.7. The lowest BCUT2D eigenvalue weighted by Gasteiger charge is -2.31. The molecule has 2 aromatic carbocycles. The molecule has 5 nitrogen and oxygen atoms in total. The summed E-state index contributed by atoms with van der Waals surface area (Å²) in [4.78, 5) is 18.7. The molecule has 1 fully saturated rings. The number of aromatic nitrogens is 1. The molecule has 0 bridgehead atoms. The number of nitrogens with zero attached hydrogens (tertiary/aromatic N) is 2. The normalized spacial score (nSPS) is 15.0. The Bertz CT molecular complexity index is 1010. The molecule has 1 saturated heterocycles. The molecule has 1 N–H and O–H groups in total. The van der Waals surface area contributed by atoms with Gasteiger partial charge >= 0.3 is 6.03 Å². The van der Waals surface area contributed by atoms with Crippen molar-refractivity contribution >= 4 is 33.3 Å². The Morgan fingerprint density at radius 3 is 2.71 bits per heavy atom. The average molecular weight is 399 g/mol. The highest BCUT2D eigenvalue weighted by atomic mass is 32.1. The molecule has 0 spiro atoms. The number of halogens is 1. The molecule has 1 aromatic heterocycles. The number of carbonyl (C=O) groups excluding carboxylic acids is 1. The van der Waals surface area contributed by atoms with Crippen LogP contribution in [0.1, 0.15) is 24.0 Å². The third-order valence-electron chi connectivity index (χ3n) is 5.09. The van der Waals surface area contributed by atoms with E-state index >= 15 is 0 Å². The maximum Gasteiger partial charge on any atom is 0.321 e. The predicted octanol–water partition coefficient (Wildman–Crippen LogP) is 5.13. The van der Waals surface area contributed by atoms with E-state index in [2.05, 4.69) is 10.3 Å². The molecular weight excluding hydrogens is 377 g/mol. The third-order valence-corrected chi connectivity index (χ3v) is 5.99. The van der Waals surface area contributed by atoms with Gasteiger partial charge in [-0.1, -0.05) is 17.4 Å². The molecule has 2 amide bonds. The van der Waals surface area contributed by atoms with E-state index in [4.69, 9.17) is 4.74 Å². The van der Waals surface area contributed by atoms with Crippen molar-refractivity contribution < 1.29 is 13.9 Å². The molecule has 0 atom stereocenters. The molecule has 4 rings (SSSR count). The van der Waals surface area contributed by atoms with Crippen LogP contribution < -0.4 is 10.1 Å². The Balaban J connectivity index is 1.32. The lowest BCUT2D eigenvalue weighted by atomic mass is 10.1. The van der Waals surface area contributed by atoms with Gasteiger partial charge in [-0.2, -0.15) is 0 Å². The number of carbonyl (C=O) groups is 1. The van der Waals surface area contributed by atoms with Gasteiger partial charge in [0.25, 0.3) is 5.19 Å². The van der Waals surface area contributed by atoms with Crippen LogP contribution in [0.25, 0.3) is 10.2 Å². The summed E-state index contributed by atoms with van der Waals surface area (Å²) >= 11 is 1.35. The number of amides is 2. The van der Waals surface area contributed by atoms with Crippen molar-refractivity contribution in [3.8, 4) is 5.19 Å². The lowest BCUT2D eigenvalue weighted by Crippen LogP contribution is -2.43. The van der Waals surface area contributed by atoms with Crippen LogP contribution in [0.15, 0.2) is 36.4 Å². The quantitative estimate of drug-likeness (QED) is 0.664. The Labute approximate surface area is 167 Å². The van der Waals surface area contributed by atoms with E-state index in [1.54, 1.807) is 6.07 Å². The zero-order valence-electron chi connectivity index (χ0n) is 15.9. The maximum atomic E-state index is 13.3. The summed E-state index contributed by atoms with van der Waals surface area (Å²) in [5.74, 6) is -0.272. The van der Waals surface area contributed by atoms with Gasteiger partial charge in [-0.05, 0) is 55.3 Å². The summed E-state index contributed by atoms with van der Waals surface area (Å²) in [6, 6.07) is 10.4. The summed E-state index contributed by atoms with van der Waals surface area (Å²) < 4.78 is 20.1. The number of hydrogen-bond donors (Lipinski definition) is 1. The van der Waals surface area contributed by atoms with E-state index in [0.29, 0.717) is 18.3 Å². The first-order chi connectivity index (χ1) is 13.5. The molecule has 7 heteroatoms. The summed E-state index contributed by atoms with van der Waals surface area (Å²) in [7, 11) is 0. The van der Waals surface area contributed by atoms with Gasteiger partial charge in [0.05, 0.1) is 10.2 Å². The second-order valence-corrected chi connectivity index (χ2v) is 8.12. The third kappa shape index (κ3) is 4.09. The summed E-state index contributed by atoms with van der Waals surface area (Å²) in [5, 5.41) is 3.52. The van der Waals surface area contributed by atoms with Crippen molar-refractivity contribution in [3.63, 3.8) is 0 Å². The molecule has 0 saturated carbocycles. The minimum absolute atomic E-state index is 0.0103. The topological polar surface area (TPSA) is 54.5 Å². The van der Waals surface area contributed by atoms with Gasteiger partial charge in [0, 0.05) is 31.6 Å². The smallest absolute Gasteiger partial charge is 0.321 e. The fourth-order valence-electron chi connectivity index (χ4n) is 3.27. The zero-order chi connectivity index (χ0) is 19.7. The van der Waals surface area contributed by atoms with Crippen molar-refractivity contribution in [2.45, 2.75) is 32.8 Å². The number of urea groups is 1. The van der Waals surface area contributed by atoms with Gasteiger partial charge in [-0.3, -0.25) is 0 Å². The number of likely N-dealkylation sites (tertiary alicyclic amines) is 1. The molecule has 146 valence electrons. The minimum atomic E-state index is -0.272. The number of hydrogen-bond acceptors (Lipinski definition) is 4. The zero-order valence-corrected chi connectivity index (χ0v) is 16.7. The van der Waals surface area contributed by atoms with E-state index in [-0.39, 0.29) is 18.0 Å². The number of fused-ring (bicyclic) bond motifs is 1. The standard InChI is InChI=1S/C21H22FN3O2S/c1-13-3-5-16(11-14(13)2)23-20(26)25-9-7-17(8-10-25)27-21-24-18-6-4-15(22)12-19(18)28-21/h3-6,11-12,17H,7-10H2,1-2H3,(H,23,26). The number of anilines is 1. The van der Waals surface area contributed by atoms with Crippen molar-refractivity contribution in [3.05, 3.63) is 53.3 Å². The van der Waals surface area contributed by atoms with Crippen LogP contribution in [-0.4, -0.2) is 35.1 Å². The monoisotopic (exact) mass is 399 g/mol. The van der Waals surface area contributed by atoms with Gasteiger partial charge in [-0.15, -0.1) is 0 Å². The molecule has 28 heavy (non-hydrogen) atoms. The SMILES string of the molecule is Cc1ccc(NC(=O)N2CCC(Oc3nc4ccc(F)cc4s3)CC2)cc1C. The van der Waals surface area contributed by atoms with Crippen LogP contribution in [0.5, 0.6) is 5.19 Å². The fraction of sp³-hybridized carbons (Fsp3) is 0.333. The number of nitrogens with one attached hydrogen (secondary N) is 1. The largest absolute Gasteiger partial charge is 0.467 e. The van der Waals surface area contributed by atoms with E-state index in [0.717, 1.165) is 34.3 Å². The number of ether oxygens (including phenoxy) is 1. The van der Waals surface area contributed by atoms with Crippen LogP contribution >= 0.6 is 11.3 Å². The van der Waals surface area contributed by atoms with Crippen LogP contribution in [0.3, 0.4) is 0 Å². The molecule has 1 aliphatic heterocycles. The second kappa shape index (κ2) is 7.75. The number of rotatable bonds is 3. The van der Waals surface area contributed by atoms with E-state index < -0.39 is 0 Å². The van der Waals surface area contributed by atoms with E-state index in [1.165, 1.54) is 29.0 Å². The van der Waals surface area contributed by atoms with Crippen molar-refractivity contribution in [1.82, 2.24) is 9.88 Å². The average Bonchev–Trinajstić information content (AvgIpc) is 3.06. The number of piperidine rings is 1. The highest BCUT2D eigenvalue weighted by Gasteiger charge is 2.25. The van der Waals surface area contributed by atoms with Crippen LogP contribution in [-0.2, 0) is 0 Å². The molecule has 0 aliphatic carbocycles. The maximum absolute atomic E-state index is 13.3. The van der Waals surface area contributed by atoms with E-state index in [1.807, 2.05) is 36.9 Å². The molecule has 2 heterocycles. The molecule has 1 aliphatic rings. The summed E-state index contributed by atoms with van der Waals surface area (Å²) in [5.41, 5.74) is 3.91. The van der Waals surface area contributed by atoms with Crippen molar-refractivity contribution in [2.24, 2.45) is 0 Å². The van der Waals surface area contributed by atoms with Gasteiger partial charge in [0.15, 0.2) is 0 Å². The van der Waals surface area contributed by atoms with Gasteiger partial charge in [0.1, 0.15) is 11.9 Å². The first-order valence-corrected chi connectivity index (χ1v) is 10.2. The van der Waals surface area contributed by atoms with Crippen LogP contribution in [0.2, 0.25) is 0 Å². The van der Waals surface area contributed by atoms with Crippen LogP contribution in [0, 0.1) is 19.7 Å². The second-order valence-electron chi connectivity index (χ2n) is 7.13. The molecule has 0 unspecified atom stereocenters.